The Morgan fingerprint density at radius 1 is 1.14 bits per heavy atom. The highest BCUT2D eigenvalue weighted by Crippen LogP contribution is 2.34. The van der Waals surface area contributed by atoms with Crippen LogP contribution in [-0.2, 0) is 12.7 Å². The van der Waals surface area contributed by atoms with E-state index in [-0.39, 0.29) is 17.2 Å². The van der Waals surface area contributed by atoms with E-state index in [9.17, 15) is 17.6 Å². The van der Waals surface area contributed by atoms with Crippen LogP contribution in [0.2, 0.25) is 0 Å². The van der Waals surface area contributed by atoms with E-state index in [0.29, 0.717) is 42.7 Å². The lowest BCUT2D eigenvalue weighted by Gasteiger charge is -2.27. The zero-order chi connectivity index (χ0) is 19.9. The SMILES string of the molecule is Nc1nc(-c2cccc(C(F)(F)F)c2)nc2sc(CN3CCC(F)CC3)cc12. The van der Waals surface area contributed by atoms with Gasteiger partial charge < -0.3 is 5.73 Å². The quantitative estimate of drug-likeness (QED) is 0.625. The smallest absolute Gasteiger partial charge is 0.383 e. The van der Waals surface area contributed by atoms with E-state index in [1.807, 2.05) is 6.07 Å². The monoisotopic (exact) mass is 410 g/mol. The molecule has 0 saturated carbocycles. The minimum Gasteiger partial charge on any atom is -0.383 e. The van der Waals surface area contributed by atoms with Crippen LogP contribution in [0.5, 0.6) is 0 Å². The van der Waals surface area contributed by atoms with E-state index in [2.05, 4.69) is 14.9 Å². The Bertz CT molecular complexity index is 993. The predicted molar refractivity (Wildman–Crippen MR) is 102 cm³/mol. The van der Waals surface area contributed by atoms with Crippen LogP contribution in [0.25, 0.3) is 21.6 Å². The number of anilines is 1. The van der Waals surface area contributed by atoms with Crippen molar-refractivity contribution in [1.82, 2.24) is 14.9 Å². The predicted octanol–water partition coefficient (Wildman–Crippen LogP) is 4.89. The summed E-state index contributed by atoms with van der Waals surface area (Å²) in [6, 6.07) is 6.81. The van der Waals surface area contributed by atoms with Crippen molar-refractivity contribution in [3.63, 3.8) is 0 Å². The van der Waals surface area contributed by atoms with Crippen LogP contribution in [0.1, 0.15) is 23.3 Å². The molecule has 0 aliphatic carbocycles. The molecule has 3 heterocycles. The molecule has 1 aromatic carbocycles. The number of hydrogen-bond acceptors (Lipinski definition) is 5. The number of nitrogen functional groups attached to an aromatic ring is 1. The van der Waals surface area contributed by atoms with Gasteiger partial charge in [-0.25, -0.2) is 14.4 Å². The molecular formula is C19H18F4N4S. The van der Waals surface area contributed by atoms with Crippen molar-refractivity contribution in [1.29, 1.82) is 0 Å². The molecular weight excluding hydrogens is 392 g/mol. The van der Waals surface area contributed by atoms with Gasteiger partial charge in [0.05, 0.1) is 10.9 Å². The molecule has 3 aromatic rings. The first kappa shape index (κ1) is 19.1. The molecule has 1 saturated heterocycles. The summed E-state index contributed by atoms with van der Waals surface area (Å²) >= 11 is 1.44. The molecule has 2 aromatic heterocycles. The summed E-state index contributed by atoms with van der Waals surface area (Å²) in [5.74, 6) is 0.408. The minimum absolute atomic E-state index is 0.169. The number of aromatic nitrogens is 2. The van der Waals surface area contributed by atoms with Crippen LogP contribution in [0.4, 0.5) is 23.4 Å². The van der Waals surface area contributed by atoms with Gasteiger partial charge in [0.1, 0.15) is 16.8 Å². The molecule has 28 heavy (non-hydrogen) atoms. The van der Waals surface area contributed by atoms with Gasteiger partial charge in [-0.3, -0.25) is 4.90 Å². The summed E-state index contributed by atoms with van der Waals surface area (Å²) < 4.78 is 52.2. The molecule has 1 aliphatic heterocycles. The number of fused-ring (bicyclic) bond motifs is 1. The summed E-state index contributed by atoms with van der Waals surface area (Å²) in [5, 5.41) is 0.691. The number of likely N-dealkylation sites (tertiary alicyclic amines) is 1. The van der Waals surface area contributed by atoms with Crippen molar-refractivity contribution in [3.05, 3.63) is 40.8 Å². The van der Waals surface area contributed by atoms with Gasteiger partial charge in [0.25, 0.3) is 0 Å². The molecule has 148 valence electrons. The number of nitrogens with two attached hydrogens (primary N) is 1. The van der Waals surface area contributed by atoms with Crippen molar-refractivity contribution >= 4 is 27.4 Å². The Kier molecular flexibility index (Phi) is 4.96. The van der Waals surface area contributed by atoms with Gasteiger partial charge in [0, 0.05) is 30.1 Å². The fraction of sp³-hybridized carbons (Fsp3) is 0.368. The first-order chi connectivity index (χ1) is 13.3. The lowest BCUT2D eigenvalue weighted by Crippen LogP contribution is -2.33. The van der Waals surface area contributed by atoms with Crippen LogP contribution in [0, 0.1) is 0 Å². The fourth-order valence-corrected chi connectivity index (χ4v) is 4.39. The standard InChI is InChI=1S/C19H18F4N4S/c20-13-4-6-27(7-5-13)10-14-9-15-16(24)25-17(26-18(15)28-14)11-2-1-3-12(8-11)19(21,22)23/h1-3,8-9,13H,4-7,10H2,(H2,24,25,26). The van der Waals surface area contributed by atoms with Crippen LogP contribution < -0.4 is 5.73 Å². The number of benzene rings is 1. The molecule has 0 atom stereocenters. The number of halogens is 4. The van der Waals surface area contributed by atoms with Crippen molar-refractivity contribution in [2.75, 3.05) is 18.8 Å². The molecule has 4 nitrogen and oxygen atoms in total. The van der Waals surface area contributed by atoms with Gasteiger partial charge >= 0.3 is 6.18 Å². The van der Waals surface area contributed by atoms with E-state index < -0.39 is 17.9 Å². The first-order valence-corrected chi connectivity index (χ1v) is 9.71. The highest BCUT2D eigenvalue weighted by atomic mass is 32.1. The molecule has 0 unspecified atom stereocenters. The topological polar surface area (TPSA) is 55.0 Å². The van der Waals surface area contributed by atoms with Crippen LogP contribution >= 0.6 is 11.3 Å². The number of thiophene rings is 1. The van der Waals surface area contributed by atoms with E-state index in [1.54, 1.807) is 0 Å². The number of rotatable bonds is 3. The summed E-state index contributed by atoms with van der Waals surface area (Å²) in [4.78, 5) is 12.5. The maximum Gasteiger partial charge on any atom is 0.416 e. The zero-order valence-electron chi connectivity index (χ0n) is 14.8. The fourth-order valence-electron chi connectivity index (χ4n) is 3.31. The van der Waals surface area contributed by atoms with Gasteiger partial charge in [0.15, 0.2) is 5.82 Å². The molecule has 9 heteroatoms. The van der Waals surface area contributed by atoms with Crippen LogP contribution in [-0.4, -0.2) is 34.1 Å². The summed E-state index contributed by atoms with van der Waals surface area (Å²) in [7, 11) is 0. The molecule has 2 N–H and O–H groups in total. The molecule has 0 spiro atoms. The summed E-state index contributed by atoms with van der Waals surface area (Å²) in [6.07, 6.45) is -4.09. The number of piperidine rings is 1. The maximum atomic E-state index is 13.3. The van der Waals surface area contributed by atoms with E-state index in [4.69, 9.17) is 5.73 Å². The third-order valence-electron chi connectivity index (χ3n) is 4.82. The third-order valence-corrected chi connectivity index (χ3v) is 5.83. The molecule has 1 aliphatic rings. The Labute approximate surface area is 163 Å². The number of alkyl halides is 4. The first-order valence-electron chi connectivity index (χ1n) is 8.89. The normalized spacial score (nSPS) is 16.7. The Hall–Kier alpha value is -2.26. The molecule has 0 radical (unpaired) electrons. The zero-order valence-corrected chi connectivity index (χ0v) is 15.7. The molecule has 1 fully saturated rings. The third kappa shape index (κ3) is 3.95. The number of nitrogens with zero attached hydrogens (tertiary/aromatic N) is 3. The number of hydrogen-bond donors (Lipinski definition) is 1. The van der Waals surface area contributed by atoms with Crippen molar-refractivity contribution in [2.45, 2.75) is 31.7 Å². The van der Waals surface area contributed by atoms with Crippen molar-refractivity contribution < 1.29 is 17.6 Å². The van der Waals surface area contributed by atoms with Crippen molar-refractivity contribution in [3.8, 4) is 11.4 Å². The van der Waals surface area contributed by atoms with E-state index >= 15 is 0 Å². The van der Waals surface area contributed by atoms with Gasteiger partial charge in [-0.1, -0.05) is 12.1 Å². The minimum atomic E-state index is -4.44. The molecule has 0 bridgehead atoms. The lowest BCUT2D eigenvalue weighted by atomic mass is 10.1. The lowest BCUT2D eigenvalue weighted by molar-refractivity contribution is -0.137. The summed E-state index contributed by atoms with van der Waals surface area (Å²) in [5.41, 5.74) is 5.57. The van der Waals surface area contributed by atoms with Gasteiger partial charge in [-0.15, -0.1) is 11.3 Å². The second-order valence-corrected chi connectivity index (χ2v) is 8.01. The van der Waals surface area contributed by atoms with Gasteiger partial charge in [0.2, 0.25) is 0 Å². The highest BCUT2D eigenvalue weighted by molar-refractivity contribution is 7.18. The maximum absolute atomic E-state index is 13.3. The Balaban J connectivity index is 1.63. The summed E-state index contributed by atoms with van der Waals surface area (Å²) in [6.45, 7) is 2.07. The largest absolute Gasteiger partial charge is 0.416 e. The highest BCUT2D eigenvalue weighted by Gasteiger charge is 2.30. The Morgan fingerprint density at radius 3 is 2.61 bits per heavy atom. The van der Waals surface area contributed by atoms with Crippen molar-refractivity contribution in [2.24, 2.45) is 0 Å². The second-order valence-electron chi connectivity index (χ2n) is 6.89. The van der Waals surface area contributed by atoms with Gasteiger partial charge in [-0.05, 0) is 31.0 Å². The second kappa shape index (κ2) is 7.29. The van der Waals surface area contributed by atoms with Gasteiger partial charge in [-0.2, -0.15) is 13.2 Å². The van der Waals surface area contributed by atoms with E-state index in [1.165, 1.54) is 23.5 Å². The average Bonchev–Trinajstić information content (AvgIpc) is 3.06. The average molecular weight is 410 g/mol. The Morgan fingerprint density at radius 2 is 1.89 bits per heavy atom. The van der Waals surface area contributed by atoms with Crippen LogP contribution in [0.15, 0.2) is 30.3 Å². The molecule has 0 amide bonds. The van der Waals surface area contributed by atoms with E-state index in [0.717, 1.165) is 17.0 Å². The van der Waals surface area contributed by atoms with Crippen LogP contribution in [0.3, 0.4) is 0 Å². The molecule has 4 rings (SSSR count).